The van der Waals surface area contributed by atoms with Crippen LogP contribution in [0.25, 0.3) is 0 Å². The second-order valence-electron chi connectivity index (χ2n) is 3.12. The van der Waals surface area contributed by atoms with Gasteiger partial charge in [0, 0.05) is 13.1 Å². The summed E-state index contributed by atoms with van der Waals surface area (Å²) < 4.78 is 4.59. The Morgan fingerprint density at radius 3 is 2.93 bits per heavy atom. The highest BCUT2D eigenvalue weighted by Gasteiger charge is 2.39. The first-order chi connectivity index (χ1) is 6.61. The van der Waals surface area contributed by atoms with Gasteiger partial charge in [-0.2, -0.15) is 0 Å². The molecule has 1 aliphatic rings. The summed E-state index contributed by atoms with van der Waals surface area (Å²) >= 11 is 4.99. The Labute approximate surface area is 87.8 Å². The average Bonchev–Trinajstić information content (AvgIpc) is 2.58. The number of methoxy groups -OCH3 is 1. The normalized spacial score (nSPS) is 26.4. The van der Waals surface area contributed by atoms with Gasteiger partial charge in [0.25, 0.3) is 0 Å². The van der Waals surface area contributed by atoms with Crippen molar-refractivity contribution in [3.8, 4) is 0 Å². The highest BCUT2D eigenvalue weighted by atomic mass is 32.1. The smallest absolute Gasteiger partial charge is 0.331 e. The molecule has 0 aromatic carbocycles. The zero-order valence-corrected chi connectivity index (χ0v) is 8.79. The van der Waals surface area contributed by atoms with Crippen molar-refractivity contribution in [1.82, 2.24) is 4.90 Å². The Balaban J connectivity index is 2.76. The Morgan fingerprint density at radius 1 is 1.79 bits per heavy atom. The minimum atomic E-state index is -0.716. The van der Waals surface area contributed by atoms with Gasteiger partial charge in [0.05, 0.1) is 18.2 Å². The molecule has 0 radical (unpaired) electrons. The molecule has 5 nitrogen and oxygen atoms in total. The van der Waals surface area contributed by atoms with Crippen molar-refractivity contribution < 1.29 is 14.6 Å². The van der Waals surface area contributed by atoms with Crippen LogP contribution in [0.3, 0.4) is 0 Å². The third kappa shape index (κ3) is 2.02. The molecule has 80 valence electrons. The molecule has 1 heterocycles. The van der Waals surface area contributed by atoms with E-state index < -0.39 is 18.1 Å². The lowest BCUT2D eigenvalue weighted by Crippen LogP contribution is -2.46. The minimum absolute atomic E-state index is 0.204. The van der Waals surface area contributed by atoms with Gasteiger partial charge in [-0.25, -0.2) is 4.79 Å². The summed E-state index contributed by atoms with van der Waals surface area (Å²) in [5, 5.41) is 9.56. The average molecular weight is 218 g/mol. The number of nitrogens with zero attached hydrogens (tertiary/aromatic N) is 1. The first-order valence-corrected chi connectivity index (χ1v) is 4.78. The summed E-state index contributed by atoms with van der Waals surface area (Å²) in [5.41, 5.74) is 5.38. The van der Waals surface area contributed by atoms with E-state index in [4.69, 9.17) is 18.0 Å². The lowest BCUT2D eigenvalue weighted by Gasteiger charge is -2.25. The maximum Gasteiger partial charge on any atom is 0.331 e. The molecule has 0 aromatic heterocycles. The Bertz CT molecular complexity index is 247. The lowest BCUT2D eigenvalue weighted by atomic mass is 10.2. The summed E-state index contributed by atoms with van der Waals surface area (Å²) in [6.07, 6.45) is -0.202. The van der Waals surface area contributed by atoms with Gasteiger partial charge in [0.1, 0.15) is 0 Å². The van der Waals surface area contributed by atoms with Crippen LogP contribution in [0.5, 0.6) is 0 Å². The largest absolute Gasteiger partial charge is 0.467 e. The van der Waals surface area contributed by atoms with E-state index in [1.165, 1.54) is 7.11 Å². The van der Waals surface area contributed by atoms with Crippen molar-refractivity contribution in [3.63, 3.8) is 0 Å². The first-order valence-electron chi connectivity index (χ1n) is 4.37. The molecule has 2 atom stereocenters. The third-order valence-electron chi connectivity index (χ3n) is 2.30. The molecular weight excluding hydrogens is 204 g/mol. The SMILES string of the molecule is COC(=O)[C@@H]1C(O)CCN1C(=S)CN. The number of esters is 1. The van der Waals surface area contributed by atoms with Crippen LogP contribution in [0, 0.1) is 0 Å². The van der Waals surface area contributed by atoms with Gasteiger partial charge in [-0.15, -0.1) is 0 Å². The van der Waals surface area contributed by atoms with E-state index in [0.717, 1.165) is 0 Å². The van der Waals surface area contributed by atoms with E-state index in [1.54, 1.807) is 4.90 Å². The molecular formula is C8H14N2O3S. The van der Waals surface area contributed by atoms with E-state index in [9.17, 15) is 9.90 Å². The fraction of sp³-hybridized carbons (Fsp3) is 0.750. The number of aliphatic hydroxyl groups is 1. The van der Waals surface area contributed by atoms with Crippen molar-refractivity contribution in [2.75, 3.05) is 20.2 Å². The molecule has 1 unspecified atom stereocenters. The monoisotopic (exact) mass is 218 g/mol. The number of hydrogen-bond donors (Lipinski definition) is 2. The molecule has 1 rings (SSSR count). The van der Waals surface area contributed by atoms with Crippen LogP contribution in [-0.2, 0) is 9.53 Å². The number of rotatable bonds is 2. The third-order valence-corrected chi connectivity index (χ3v) is 2.70. The standard InChI is InChI=1S/C8H14N2O3S/c1-13-8(12)7-5(11)2-3-10(7)6(14)4-9/h5,7,11H,2-4,9H2,1H3/t5?,7-/m0/s1. The molecule has 0 bridgehead atoms. The van der Waals surface area contributed by atoms with Gasteiger partial charge in [-0.05, 0) is 6.42 Å². The minimum Gasteiger partial charge on any atom is -0.467 e. The van der Waals surface area contributed by atoms with Crippen molar-refractivity contribution in [1.29, 1.82) is 0 Å². The highest BCUT2D eigenvalue weighted by molar-refractivity contribution is 7.80. The van der Waals surface area contributed by atoms with E-state index in [1.807, 2.05) is 0 Å². The predicted octanol–water partition coefficient (Wildman–Crippen LogP) is -1.12. The lowest BCUT2D eigenvalue weighted by molar-refractivity contribution is -0.147. The second kappa shape index (κ2) is 4.68. The number of carbonyl (C=O) groups excluding carboxylic acids is 1. The van der Waals surface area contributed by atoms with Crippen LogP contribution in [0.4, 0.5) is 0 Å². The van der Waals surface area contributed by atoms with Crippen LogP contribution in [-0.4, -0.2) is 53.3 Å². The van der Waals surface area contributed by atoms with Crippen molar-refractivity contribution in [2.45, 2.75) is 18.6 Å². The second-order valence-corrected chi connectivity index (χ2v) is 3.59. The molecule has 1 saturated heterocycles. The highest BCUT2D eigenvalue weighted by Crippen LogP contribution is 2.19. The summed E-state index contributed by atoms with van der Waals surface area (Å²) in [4.78, 5) is 13.4. The number of nitrogens with two attached hydrogens (primary N) is 1. The maximum absolute atomic E-state index is 11.3. The number of thiocarbonyl (C=S) groups is 1. The Hall–Kier alpha value is -0.720. The number of likely N-dealkylation sites (tertiary alicyclic amines) is 1. The van der Waals surface area contributed by atoms with Crippen molar-refractivity contribution in [3.05, 3.63) is 0 Å². The topological polar surface area (TPSA) is 75.8 Å². The van der Waals surface area contributed by atoms with Crippen molar-refractivity contribution in [2.24, 2.45) is 5.73 Å². The zero-order chi connectivity index (χ0) is 10.7. The van der Waals surface area contributed by atoms with Gasteiger partial charge in [0.15, 0.2) is 6.04 Å². The number of ether oxygens (including phenoxy) is 1. The van der Waals surface area contributed by atoms with Crippen LogP contribution in [0.15, 0.2) is 0 Å². The van der Waals surface area contributed by atoms with Gasteiger partial charge in [-0.1, -0.05) is 12.2 Å². The zero-order valence-electron chi connectivity index (χ0n) is 7.97. The summed E-state index contributed by atoms with van der Waals surface area (Å²) in [6, 6.07) is -0.684. The van der Waals surface area contributed by atoms with E-state index in [0.29, 0.717) is 18.0 Å². The van der Waals surface area contributed by atoms with Gasteiger partial charge >= 0.3 is 5.97 Å². The molecule has 3 N–H and O–H groups in total. The molecule has 0 aromatic rings. The molecule has 1 fully saturated rings. The van der Waals surface area contributed by atoms with E-state index in [2.05, 4.69) is 4.74 Å². The predicted molar refractivity (Wildman–Crippen MR) is 54.8 cm³/mol. The summed E-state index contributed by atoms with van der Waals surface area (Å²) in [7, 11) is 1.29. The van der Waals surface area contributed by atoms with Gasteiger partial charge < -0.3 is 20.5 Å². The molecule has 0 aliphatic carbocycles. The maximum atomic E-state index is 11.3. The van der Waals surface area contributed by atoms with Crippen LogP contribution >= 0.6 is 12.2 Å². The molecule has 1 aliphatic heterocycles. The Kier molecular flexibility index (Phi) is 3.79. The number of aliphatic hydroxyl groups excluding tert-OH is 1. The summed E-state index contributed by atoms with van der Waals surface area (Å²) in [6.45, 7) is 0.756. The molecule has 0 saturated carbocycles. The first kappa shape index (κ1) is 11.4. The molecule has 0 amide bonds. The van der Waals surface area contributed by atoms with Crippen LogP contribution in [0.2, 0.25) is 0 Å². The van der Waals surface area contributed by atoms with Gasteiger partial charge in [0.2, 0.25) is 0 Å². The fourth-order valence-electron chi connectivity index (χ4n) is 1.58. The molecule has 14 heavy (non-hydrogen) atoms. The number of carbonyl (C=O) groups is 1. The van der Waals surface area contributed by atoms with Crippen LogP contribution in [0.1, 0.15) is 6.42 Å². The number of hydrogen-bond acceptors (Lipinski definition) is 5. The van der Waals surface area contributed by atoms with E-state index >= 15 is 0 Å². The van der Waals surface area contributed by atoms with E-state index in [-0.39, 0.29) is 6.54 Å². The molecule has 6 heteroatoms. The Morgan fingerprint density at radius 2 is 2.43 bits per heavy atom. The molecule has 0 spiro atoms. The van der Waals surface area contributed by atoms with Gasteiger partial charge in [-0.3, -0.25) is 0 Å². The quantitative estimate of drug-likeness (QED) is 0.452. The van der Waals surface area contributed by atoms with Crippen LogP contribution < -0.4 is 5.73 Å². The summed E-state index contributed by atoms with van der Waals surface area (Å²) in [5.74, 6) is -0.467. The fourth-order valence-corrected chi connectivity index (χ4v) is 1.78. The van der Waals surface area contributed by atoms with Crippen molar-refractivity contribution >= 4 is 23.2 Å².